The van der Waals surface area contributed by atoms with E-state index in [2.05, 4.69) is 4.98 Å². The molecule has 72 valence electrons. The van der Waals surface area contributed by atoms with Gasteiger partial charge in [-0.05, 0) is 11.5 Å². The summed E-state index contributed by atoms with van der Waals surface area (Å²) in [6, 6.07) is 9.51. The molecule has 0 unspecified atom stereocenters. The van der Waals surface area contributed by atoms with Gasteiger partial charge in [0.05, 0.1) is 24.6 Å². The quantitative estimate of drug-likeness (QED) is 0.746. The molecule has 2 rings (SSSR count). The zero-order valence-electron chi connectivity index (χ0n) is 7.64. The second-order valence-corrected chi connectivity index (χ2v) is 3.10. The first-order valence-corrected chi connectivity index (χ1v) is 4.44. The monoisotopic (exact) mass is 189 g/mol. The number of pyridine rings is 1. The van der Waals surface area contributed by atoms with E-state index in [-0.39, 0.29) is 13.2 Å². The molecule has 0 bridgehead atoms. The predicted molar refractivity (Wildman–Crippen MR) is 53.6 cm³/mol. The lowest BCUT2D eigenvalue weighted by Gasteiger charge is -2.05. The summed E-state index contributed by atoms with van der Waals surface area (Å²) in [7, 11) is 0. The second kappa shape index (κ2) is 3.74. The van der Waals surface area contributed by atoms with Crippen molar-refractivity contribution in [2.75, 3.05) is 0 Å². The van der Waals surface area contributed by atoms with Crippen LogP contribution in [0.1, 0.15) is 11.4 Å². The van der Waals surface area contributed by atoms with Crippen molar-refractivity contribution in [2.45, 2.75) is 13.2 Å². The number of benzene rings is 1. The second-order valence-electron chi connectivity index (χ2n) is 3.10. The molecule has 0 aliphatic carbocycles. The van der Waals surface area contributed by atoms with Gasteiger partial charge in [0.25, 0.3) is 0 Å². The molecule has 0 saturated carbocycles. The predicted octanol–water partition coefficient (Wildman–Crippen LogP) is 1.22. The molecule has 0 amide bonds. The van der Waals surface area contributed by atoms with E-state index in [9.17, 15) is 0 Å². The van der Waals surface area contributed by atoms with E-state index >= 15 is 0 Å². The average Bonchev–Trinajstić information content (AvgIpc) is 2.27. The fraction of sp³-hybridized carbons (Fsp3) is 0.182. The minimum Gasteiger partial charge on any atom is -0.390 e. The van der Waals surface area contributed by atoms with Gasteiger partial charge < -0.3 is 10.2 Å². The normalized spacial score (nSPS) is 10.7. The molecule has 0 aliphatic rings. The third kappa shape index (κ3) is 1.47. The highest BCUT2D eigenvalue weighted by molar-refractivity contribution is 5.84. The minimum absolute atomic E-state index is 0.0994. The average molecular weight is 189 g/mol. The zero-order chi connectivity index (χ0) is 9.97. The van der Waals surface area contributed by atoms with Crippen LogP contribution in [0.4, 0.5) is 0 Å². The number of aromatic nitrogens is 1. The molecule has 2 N–H and O–H groups in total. The largest absolute Gasteiger partial charge is 0.390 e. The maximum Gasteiger partial charge on any atom is 0.0859 e. The van der Waals surface area contributed by atoms with Crippen LogP contribution in [0.2, 0.25) is 0 Å². The minimum atomic E-state index is -0.103. The lowest BCUT2D eigenvalue weighted by Crippen LogP contribution is -1.96. The Morgan fingerprint density at radius 1 is 1.07 bits per heavy atom. The summed E-state index contributed by atoms with van der Waals surface area (Å²) in [5, 5.41) is 20.0. The topological polar surface area (TPSA) is 53.4 Å². The SMILES string of the molecule is OCc1cc2ccccc2c(CO)n1. The van der Waals surface area contributed by atoms with Gasteiger partial charge in [-0.2, -0.15) is 0 Å². The van der Waals surface area contributed by atoms with Crippen LogP contribution < -0.4 is 0 Å². The van der Waals surface area contributed by atoms with Crippen LogP contribution in [0.25, 0.3) is 10.8 Å². The van der Waals surface area contributed by atoms with Crippen molar-refractivity contribution in [3.05, 3.63) is 41.7 Å². The van der Waals surface area contributed by atoms with Gasteiger partial charge in [-0.25, -0.2) is 0 Å². The van der Waals surface area contributed by atoms with Crippen molar-refractivity contribution in [2.24, 2.45) is 0 Å². The molecule has 1 aromatic carbocycles. The van der Waals surface area contributed by atoms with Gasteiger partial charge in [0.1, 0.15) is 0 Å². The highest BCUT2D eigenvalue weighted by Gasteiger charge is 2.03. The first-order valence-electron chi connectivity index (χ1n) is 4.44. The molecule has 0 atom stereocenters. The number of aliphatic hydroxyl groups is 2. The number of fused-ring (bicyclic) bond motifs is 1. The van der Waals surface area contributed by atoms with Gasteiger partial charge in [-0.1, -0.05) is 24.3 Å². The fourth-order valence-corrected chi connectivity index (χ4v) is 1.53. The maximum absolute atomic E-state index is 9.11. The summed E-state index contributed by atoms with van der Waals surface area (Å²) in [4.78, 5) is 4.14. The molecule has 14 heavy (non-hydrogen) atoms. The lowest BCUT2D eigenvalue weighted by molar-refractivity contribution is 0.267. The van der Waals surface area contributed by atoms with Crippen molar-refractivity contribution < 1.29 is 10.2 Å². The molecule has 3 heteroatoms. The van der Waals surface area contributed by atoms with Crippen LogP contribution in [0.15, 0.2) is 30.3 Å². The third-order valence-electron chi connectivity index (χ3n) is 2.18. The number of aliphatic hydroxyl groups excluding tert-OH is 2. The van der Waals surface area contributed by atoms with Gasteiger partial charge in [0, 0.05) is 5.39 Å². The van der Waals surface area contributed by atoms with E-state index < -0.39 is 0 Å². The maximum atomic E-state index is 9.11. The molecular weight excluding hydrogens is 178 g/mol. The fourth-order valence-electron chi connectivity index (χ4n) is 1.53. The summed E-state index contributed by atoms with van der Waals surface area (Å²) >= 11 is 0. The lowest BCUT2D eigenvalue weighted by atomic mass is 10.1. The van der Waals surface area contributed by atoms with Crippen molar-refractivity contribution in [1.82, 2.24) is 4.98 Å². The first kappa shape index (κ1) is 9.12. The smallest absolute Gasteiger partial charge is 0.0859 e. The van der Waals surface area contributed by atoms with E-state index in [1.54, 1.807) is 0 Å². The van der Waals surface area contributed by atoms with E-state index in [1.807, 2.05) is 30.3 Å². The molecule has 3 nitrogen and oxygen atoms in total. The Kier molecular flexibility index (Phi) is 2.43. The molecule has 1 aromatic heterocycles. The van der Waals surface area contributed by atoms with Gasteiger partial charge in [-0.3, -0.25) is 4.98 Å². The first-order chi connectivity index (χ1) is 6.85. The van der Waals surface area contributed by atoms with E-state index in [1.165, 1.54) is 0 Å². The molecule has 0 fully saturated rings. The Morgan fingerprint density at radius 2 is 1.86 bits per heavy atom. The van der Waals surface area contributed by atoms with Gasteiger partial charge in [0.15, 0.2) is 0 Å². The number of hydrogen-bond donors (Lipinski definition) is 2. The molecule has 0 saturated heterocycles. The van der Waals surface area contributed by atoms with Crippen LogP contribution in [-0.2, 0) is 13.2 Å². The summed E-state index contributed by atoms with van der Waals surface area (Å²) in [6.45, 7) is -0.202. The number of hydrogen-bond acceptors (Lipinski definition) is 3. The zero-order valence-corrected chi connectivity index (χ0v) is 7.64. The van der Waals surface area contributed by atoms with E-state index in [0.29, 0.717) is 11.4 Å². The van der Waals surface area contributed by atoms with Crippen molar-refractivity contribution >= 4 is 10.8 Å². The van der Waals surface area contributed by atoms with E-state index in [4.69, 9.17) is 10.2 Å². The van der Waals surface area contributed by atoms with E-state index in [0.717, 1.165) is 10.8 Å². The van der Waals surface area contributed by atoms with Crippen LogP contribution in [0.5, 0.6) is 0 Å². The Morgan fingerprint density at radius 3 is 2.57 bits per heavy atom. The Balaban J connectivity index is 2.73. The summed E-state index contributed by atoms with van der Waals surface area (Å²) in [5.74, 6) is 0. The van der Waals surface area contributed by atoms with Crippen molar-refractivity contribution in [1.29, 1.82) is 0 Å². The summed E-state index contributed by atoms with van der Waals surface area (Å²) < 4.78 is 0. The molecule has 0 spiro atoms. The van der Waals surface area contributed by atoms with Crippen LogP contribution in [0.3, 0.4) is 0 Å². The summed E-state index contributed by atoms with van der Waals surface area (Å²) in [6.07, 6.45) is 0. The molecule has 0 radical (unpaired) electrons. The Bertz CT molecular complexity index is 454. The molecular formula is C11H11NO2. The summed E-state index contributed by atoms with van der Waals surface area (Å²) in [5.41, 5.74) is 1.21. The highest BCUT2D eigenvalue weighted by atomic mass is 16.3. The van der Waals surface area contributed by atoms with Crippen LogP contribution in [0, 0.1) is 0 Å². The van der Waals surface area contributed by atoms with Gasteiger partial charge in [0.2, 0.25) is 0 Å². The Hall–Kier alpha value is -1.45. The highest BCUT2D eigenvalue weighted by Crippen LogP contribution is 2.18. The van der Waals surface area contributed by atoms with Gasteiger partial charge in [-0.15, -0.1) is 0 Å². The van der Waals surface area contributed by atoms with Crippen LogP contribution in [-0.4, -0.2) is 15.2 Å². The number of nitrogens with zero attached hydrogens (tertiary/aromatic N) is 1. The Labute approximate surface area is 81.7 Å². The molecule has 1 heterocycles. The number of rotatable bonds is 2. The standard InChI is InChI=1S/C11H11NO2/c13-6-9-5-8-3-1-2-4-10(8)11(7-14)12-9/h1-5,13-14H,6-7H2. The molecule has 2 aromatic rings. The third-order valence-corrected chi connectivity index (χ3v) is 2.18. The van der Waals surface area contributed by atoms with Gasteiger partial charge >= 0.3 is 0 Å². The molecule has 0 aliphatic heterocycles. The van der Waals surface area contributed by atoms with Crippen LogP contribution >= 0.6 is 0 Å². The van der Waals surface area contributed by atoms with Crippen molar-refractivity contribution in [3.63, 3.8) is 0 Å². The van der Waals surface area contributed by atoms with Crippen molar-refractivity contribution in [3.8, 4) is 0 Å².